The summed E-state index contributed by atoms with van der Waals surface area (Å²) in [6.07, 6.45) is 1.81. The van der Waals surface area contributed by atoms with Gasteiger partial charge >= 0.3 is 0 Å². The number of hydrogen-bond donors (Lipinski definition) is 0. The second-order valence-electron chi connectivity index (χ2n) is 3.44. The fourth-order valence-corrected chi connectivity index (χ4v) is 1.71. The molecule has 1 nitrogen and oxygen atoms in total. The minimum Gasteiger partial charge on any atom is -0.457 e. The van der Waals surface area contributed by atoms with E-state index in [-0.39, 0.29) is 5.82 Å². The Labute approximate surface area is 87.1 Å². The smallest absolute Gasteiger partial charge is 0.134 e. The lowest BCUT2D eigenvalue weighted by Gasteiger charge is -2.19. The van der Waals surface area contributed by atoms with Gasteiger partial charge < -0.3 is 4.74 Å². The van der Waals surface area contributed by atoms with Crippen molar-refractivity contribution in [2.75, 3.05) is 0 Å². The molecule has 2 heteroatoms. The summed E-state index contributed by atoms with van der Waals surface area (Å²) in [7, 11) is 0. The number of ether oxygens (including phenoxy) is 1. The maximum absolute atomic E-state index is 13.5. The molecule has 3 rings (SSSR count). The average molecular weight is 199 g/mol. The van der Waals surface area contributed by atoms with Crippen LogP contribution >= 0.6 is 0 Å². The number of para-hydroxylation sites is 1. The number of benzene rings is 2. The molecule has 1 aliphatic heterocycles. The molecule has 0 N–H and O–H groups in total. The van der Waals surface area contributed by atoms with E-state index < -0.39 is 0 Å². The van der Waals surface area contributed by atoms with Gasteiger partial charge in [-0.2, -0.15) is 0 Å². The van der Waals surface area contributed by atoms with E-state index in [1.165, 1.54) is 6.07 Å². The second kappa shape index (κ2) is 3.09. The van der Waals surface area contributed by atoms with Gasteiger partial charge in [0, 0.05) is 17.5 Å². The molecule has 0 unspecified atom stereocenters. The third-order valence-corrected chi connectivity index (χ3v) is 2.45. The highest BCUT2D eigenvalue weighted by Gasteiger charge is 2.19. The standard InChI is InChI=1S/C13H8FO/c14-11-5-3-7-13-10(11)8-9-4-1-2-6-12(9)15-13/h1-8H. The topological polar surface area (TPSA) is 9.23 Å². The first-order chi connectivity index (χ1) is 7.34. The van der Waals surface area contributed by atoms with Gasteiger partial charge in [0.2, 0.25) is 0 Å². The molecule has 1 heterocycles. The van der Waals surface area contributed by atoms with Gasteiger partial charge in [0.05, 0.1) is 0 Å². The van der Waals surface area contributed by atoms with Crippen molar-refractivity contribution < 1.29 is 9.13 Å². The quantitative estimate of drug-likeness (QED) is 0.538. The van der Waals surface area contributed by atoms with E-state index in [0.717, 1.165) is 11.3 Å². The lowest BCUT2D eigenvalue weighted by atomic mass is 10.0. The Morgan fingerprint density at radius 1 is 0.867 bits per heavy atom. The van der Waals surface area contributed by atoms with Gasteiger partial charge in [0.1, 0.15) is 17.3 Å². The minimum absolute atomic E-state index is 0.248. The SMILES string of the molecule is Fc1cccc2c1[CH]c1ccccc1O2. The van der Waals surface area contributed by atoms with Crippen LogP contribution < -0.4 is 4.74 Å². The molecule has 0 spiro atoms. The van der Waals surface area contributed by atoms with E-state index in [9.17, 15) is 4.39 Å². The first-order valence-corrected chi connectivity index (χ1v) is 4.75. The third kappa shape index (κ3) is 1.30. The van der Waals surface area contributed by atoms with E-state index in [1.807, 2.05) is 30.7 Å². The van der Waals surface area contributed by atoms with Crippen LogP contribution in [0.1, 0.15) is 11.1 Å². The largest absolute Gasteiger partial charge is 0.457 e. The Morgan fingerprint density at radius 2 is 1.67 bits per heavy atom. The van der Waals surface area contributed by atoms with E-state index in [0.29, 0.717) is 11.3 Å². The molecule has 0 bridgehead atoms. The predicted molar refractivity (Wildman–Crippen MR) is 55.4 cm³/mol. The molecule has 0 amide bonds. The van der Waals surface area contributed by atoms with Gasteiger partial charge in [-0.3, -0.25) is 0 Å². The van der Waals surface area contributed by atoms with E-state index in [4.69, 9.17) is 4.74 Å². The van der Waals surface area contributed by atoms with Crippen LogP contribution in [0.3, 0.4) is 0 Å². The highest BCUT2D eigenvalue weighted by molar-refractivity contribution is 5.56. The number of fused-ring (bicyclic) bond motifs is 2. The highest BCUT2D eigenvalue weighted by atomic mass is 19.1. The van der Waals surface area contributed by atoms with E-state index >= 15 is 0 Å². The molecule has 0 aromatic heterocycles. The summed E-state index contributed by atoms with van der Waals surface area (Å²) in [5, 5.41) is 0. The van der Waals surface area contributed by atoms with Crippen LogP contribution in [0.5, 0.6) is 11.5 Å². The highest BCUT2D eigenvalue weighted by Crippen LogP contribution is 2.38. The molecule has 0 saturated carbocycles. The number of halogens is 1. The minimum atomic E-state index is -0.248. The number of rotatable bonds is 0. The van der Waals surface area contributed by atoms with Crippen molar-refractivity contribution in [3.05, 3.63) is 65.8 Å². The molecule has 0 fully saturated rings. The lowest BCUT2D eigenvalue weighted by Crippen LogP contribution is -2.02. The maximum Gasteiger partial charge on any atom is 0.134 e. The monoisotopic (exact) mass is 199 g/mol. The Hall–Kier alpha value is -1.83. The normalized spacial score (nSPS) is 12.6. The van der Waals surface area contributed by atoms with Crippen LogP contribution in [0.4, 0.5) is 4.39 Å². The molecule has 1 radical (unpaired) electrons. The Kier molecular flexibility index (Phi) is 1.75. The van der Waals surface area contributed by atoms with Gasteiger partial charge in [-0.15, -0.1) is 0 Å². The van der Waals surface area contributed by atoms with Crippen LogP contribution in [0.2, 0.25) is 0 Å². The molecule has 0 saturated heterocycles. The fraction of sp³-hybridized carbons (Fsp3) is 0. The van der Waals surface area contributed by atoms with Crippen molar-refractivity contribution >= 4 is 0 Å². The summed E-state index contributed by atoms with van der Waals surface area (Å²) in [6.45, 7) is 0. The summed E-state index contributed by atoms with van der Waals surface area (Å²) in [6, 6.07) is 12.4. The van der Waals surface area contributed by atoms with Crippen molar-refractivity contribution in [3.8, 4) is 11.5 Å². The van der Waals surface area contributed by atoms with Gasteiger partial charge in [-0.05, 0) is 18.2 Å². The summed E-state index contributed by atoms with van der Waals surface area (Å²) >= 11 is 0. The van der Waals surface area contributed by atoms with Crippen LogP contribution in [0, 0.1) is 12.2 Å². The Morgan fingerprint density at radius 3 is 2.60 bits per heavy atom. The van der Waals surface area contributed by atoms with Crippen molar-refractivity contribution in [3.63, 3.8) is 0 Å². The third-order valence-electron chi connectivity index (χ3n) is 2.45. The zero-order valence-corrected chi connectivity index (χ0v) is 7.91. The number of hydrogen-bond acceptors (Lipinski definition) is 1. The van der Waals surface area contributed by atoms with Crippen molar-refractivity contribution in [2.45, 2.75) is 0 Å². The first-order valence-electron chi connectivity index (χ1n) is 4.75. The molecule has 73 valence electrons. The van der Waals surface area contributed by atoms with Crippen molar-refractivity contribution in [1.82, 2.24) is 0 Å². The molecule has 1 aliphatic rings. The molecule has 2 aromatic carbocycles. The van der Waals surface area contributed by atoms with Gasteiger partial charge in [-0.1, -0.05) is 24.3 Å². The molecule has 15 heavy (non-hydrogen) atoms. The zero-order valence-electron chi connectivity index (χ0n) is 7.91. The van der Waals surface area contributed by atoms with Crippen LogP contribution in [0.25, 0.3) is 0 Å². The summed E-state index contributed by atoms with van der Waals surface area (Å²) in [5.74, 6) is 1.10. The Balaban J connectivity index is 2.15. The predicted octanol–water partition coefficient (Wildman–Crippen LogP) is 3.53. The molecule has 0 aliphatic carbocycles. The summed E-state index contributed by atoms with van der Waals surface area (Å²) in [4.78, 5) is 0. The first kappa shape index (κ1) is 8.48. The van der Waals surface area contributed by atoms with Crippen molar-refractivity contribution in [1.29, 1.82) is 0 Å². The van der Waals surface area contributed by atoms with Gasteiger partial charge in [0.25, 0.3) is 0 Å². The van der Waals surface area contributed by atoms with Crippen LogP contribution in [-0.2, 0) is 0 Å². The zero-order chi connectivity index (χ0) is 10.3. The lowest BCUT2D eigenvalue weighted by molar-refractivity contribution is 0.461. The maximum atomic E-state index is 13.5. The van der Waals surface area contributed by atoms with Crippen molar-refractivity contribution in [2.24, 2.45) is 0 Å². The molecular formula is C13H8FO. The van der Waals surface area contributed by atoms with Gasteiger partial charge in [0.15, 0.2) is 0 Å². The Bertz CT molecular complexity index is 520. The fourth-order valence-electron chi connectivity index (χ4n) is 1.71. The summed E-state index contributed by atoms with van der Waals surface area (Å²) < 4.78 is 19.0. The van der Waals surface area contributed by atoms with E-state index in [2.05, 4.69) is 0 Å². The molecule has 2 aromatic rings. The molecular weight excluding hydrogens is 191 g/mol. The van der Waals surface area contributed by atoms with Crippen LogP contribution in [0.15, 0.2) is 42.5 Å². The van der Waals surface area contributed by atoms with E-state index in [1.54, 1.807) is 12.1 Å². The molecule has 0 atom stereocenters. The average Bonchev–Trinajstić information content (AvgIpc) is 2.27. The van der Waals surface area contributed by atoms with Crippen LogP contribution in [-0.4, -0.2) is 0 Å². The summed E-state index contributed by atoms with van der Waals surface area (Å²) in [5.41, 5.74) is 1.44. The van der Waals surface area contributed by atoms with Gasteiger partial charge in [-0.25, -0.2) is 4.39 Å². The second-order valence-corrected chi connectivity index (χ2v) is 3.44.